The van der Waals surface area contributed by atoms with Crippen LogP contribution in [0.2, 0.25) is 0 Å². The summed E-state index contributed by atoms with van der Waals surface area (Å²) in [6.45, 7) is 4.05. The number of carbonyl (C=O) groups excluding carboxylic acids is 2. The van der Waals surface area contributed by atoms with Crippen molar-refractivity contribution in [1.29, 1.82) is 0 Å². The number of ether oxygens (including phenoxy) is 2. The number of hydrogen-bond acceptors (Lipinski definition) is 5. The van der Waals surface area contributed by atoms with E-state index in [1.807, 2.05) is 31.2 Å². The number of benzene rings is 1. The molecule has 1 aromatic rings. The number of nitrogens with zero attached hydrogens (tertiary/aromatic N) is 1. The van der Waals surface area contributed by atoms with Gasteiger partial charge in [-0.15, -0.1) is 11.8 Å². The van der Waals surface area contributed by atoms with E-state index in [0.29, 0.717) is 18.8 Å². The first-order chi connectivity index (χ1) is 11.1. The predicted molar refractivity (Wildman–Crippen MR) is 90.4 cm³/mol. The third-order valence-electron chi connectivity index (χ3n) is 3.72. The predicted octanol–water partition coefficient (Wildman–Crippen LogP) is 3.00. The van der Waals surface area contributed by atoms with Crippen molar-refractivity contribution in [2.45, 2.75) is 38.1 Å². The summed E-state index contributed by atoms with van der Waals surface area (Å²) in [6, 6.07) is 7.09. The van der Waals surface area contributed by atoms with Crippen molar-refractivity contribution in [1.82, 2.24) is 4.90 Å². The first-order valence-electron chi connectivity index (χ1n) is 7.86. The van der Waals surface area contributed by atoms with Crippen LogP contribution in [0, 0.1) is 0 Å². The molecule has 23 heavy (non-hydrogen) atoms. The van der Waals surface area contributed by atoms with Crippen LogP contribution in [0.3, 0.4) is 0 Å². The molecule has 0 aromatic heterocycles. The van der Waals surface area contributed by atoms with Gasteiger partial charge in [-0.05, 0) is 19.4 Å². The zero-order valence-corrected chi connectivity index (χ0v) is 14.6. The lowest BCUT2D eigenvalue weighted by Crippen LogP contribution is -2.43. The standard InChI is InChI=1S/C17H23NO4S/c1-4-8-15(19)18-13(17(20)22-5-2)11-23-16(18)12-9-6-7-10-14(12)21-3/h6-7,9-10,13,16H,4-5,8,11H2,1-3H3. The van der Waals surface area contributed by atoms with Gasteiger partial charge in [0.15, 0.2) is 0 Å². The Balaban J connectivity index is 2.34. The fourth-order valence-electron chi connectivity index (χ4n) is 2.68. The van der Waals surface area contributed by atoms with Gasteiger partial charge in [0, 0.05) is 17.7 Å². The topological polar surface area (TPSA) is 55.8 Å². The van der Waals surface area contributed by atoms with Crippen molar-refractivity contribution in [3.63, 3.8) is 0 Å². The smallest absolute Gasteiger partial charge is 0.329 e. The van der Waals surface area contributed by atoms with Crippen molar-refractivity contribution >= 4 is 23.6 Å². The number of carbonyl (C=O) groups is 2. The van der Waals surface area contributed by atoms with Gasteiger partial charge in [-0.25, -0.2) is 4.79 Å². The van der Waals surface area contributed by atoms with Crippen LogP contribution in [-0.2, 0) is 14.3 Å². The molecule has 1 fully saturated rings. The van der Waals surface area contributed by atoms with Gasteiger partial charge in [0.1, 0.15) is 17.2 Å². The average Bonchev–Trinajstić information content (AvgIpc) is 3.00. The van der Waals surface area contributed by atoms with Gasteiger partial charge >= 0.3 is 5.97 Å². The molecule has 2 rings (SSSR count). The van der Waals surface area contributed by atoms with Crippen LogP contribution in [0.25, 0.3) is 0 Å². The Labute approximate surface area is 141 Å². The molecule has 1 aliphatic rings. The molecule has 0 spiro atoms. The van der Waals surface area contributed by atoms with Gasteiger partial charge in [-0.3, -0.25) is 4.79 Å². The van der Waals surface area contributed by atoms with E-state index in [0.717, 1.165) is 17.7 Å². The quantitative estimate of drug-likeness (QED) is 0.747. The highest BCUT2D eigenvalue weighted by Crippen LogP contribution is 2.45. The van der Waals surface area contributed by atoms with Crippen molar-refractivity contribution in [3.8, 4) is 5.75 Å². The third-order valence-corrected chi connectivity index (χ3v) is 5.02. The second-order valence-corrected chi connectivity index (χ2v) is 6.36. The highest BCUT2D eigenvalue weighted by Gasteiger charge is 2.43. The lowest BCUT2D eigenvalue weighted by atomic mass is 10.1. The van der Waals surface area contributed by atoms with Crippen molar-refractivity contribution in [2.75, 3.05) is 19.5 Å². The maximum atomic E-state index is 12.6. The van der Waals surface area contributed by atoms with Crippen LogP contribution in [0.4, 0.5) is 0 Å². The molecule has 1 heterocycles. The molecule has 0 bridgehead atoms. The maximum Gasteiger partial charge on any atom is 0.329 e. The number of esters is 1. The molecule has 0 radical (unpaired) electrons. The van der Waals surface area contributed by atoms with Crippen molar-refractivity contribution < 1.29 is 19.1 Å². The number of thioether (sulfide) groups is 1. The van der Waals surface area contributed by atoms with Gasteiger partial charge in [0.2, 0.25) is 5.91 Å². The molecular weight excluding hydrogens is 314 g/mol. The Kier molecular flexibility index (Phi) is 6.33. The summed E-state index contributed by atoms with van der Waals surface area (Å²) in [5.41, 5.74) is 0.913. The van der Waals surface area contributed by atoms with E-state index in [1.165, 1.54) is 0 Å². The van der Waals surface area contributed by atoms with E-state index in [2.05, 4.69) is 0 Å². The SMILES string of the molecule is CCCC(=O)N1C(C(=O)OCC)CSC1c1ccccc1OC. The molecule has 126 valence electrons. The summed E-state index contributed by atoms with van der Waals surface area (Å²) in [4.78, 5) is 26.5. The molecule has 2 unspecified atom stereocenters. The van der Waals surface area contributed by atoms with Crippen LogP contribution < -0.4 is 4.74 Å². The van der Waals surface area contributed by atoms with Gasteiger partial charge in [-0.2, -0.15) is 0 Å². The molecule has 1 amide bonds. The van der Waals surface area contributed by atoms with Crippen LogP contribution in [0.15, 0.2) is 24.3 Å². The van der Waals surface area contributed by atoms with Crippen molar-refractivity contribution in [2.24, 2.45) is 0 Å². The van der Waals surface area contributed by atoms with Gasteiger partial charge in [0.05, 0.1) is 13.7 Å². The molecular formula is C17H23NO4S. The van der Waals surface area contributed by atoms with E-state index >= 15 is 0 Å². The zero-order valence-electron chi connectivity index (χ0n) is 13.8. The lowest BCUT2D eigenvalue weighted by Gasteiger charge is -2.29. The minimum atomic E-state index is -0.533. The highest BCUT2D eigenvalue weighted by atomic mass is 32.2. The van der Waals surface area contributed by atoms with Gasteiger partial charge in [-0.1, -0.05) is 25.1 Å². The van der Waals surface area contributed by atoms with E-state index in [4.69, 9.17) is 9.47 Å². The summed E-state index contributed by atoms with van der Waals surface area (Å²) in [6.07, 6.45) is 1.16. The fourth-order valence-corrected chi connectivity index (χ4v) is 4.14. The summed E-state index contributed by atoms with van der Waals surface area (Å²) < 4.78 is 10.6. The van der Waals surface area contributed by atoms with Crippen LogP contribution in [0.5, 0.6) is 5.75 Å². The molecule has 0 aliphatic carbocycles. The Bertz CT molecular complexity index is 563. The van der Waals surface area contributed by atoms with Gasteiger partial charge in [0.25, 0.3) is 0 Å². The Morgan fingerprint density at radius 2 is 2.04 bits per heavy atom. The van der Waals surface area contributed by atoms with E-state index in [9.17, 15) is 9.59 Å². The van der Waals surface area contributed by atoms with Crippen molar-refractivity contribution in [3.05, 3.63) is 29.8 Å². The minimum Gasteiger partial charge on any atom is -0.496 e. The molecule has 5 nitrogen and oxygen atoms in total. The van der Waals surface area contributed by atoms with Crippen LogP contribution in [-0.4, -0.2) is 42.3 Å². The van der Waals surface area contributed by atoms with E-state index < -0.39 is 6.04 Å². The first kappa shape index (κ1) is 17.7. The Morgan fingerprint density at radius 3 is 2.70 bits per heavy atom. The number of hydrogen-bond donors (Lipinski definition) is 0. The highest BCUT2D eigenvalue weighted by molar-refractivity contribution is 7.99. The average molecular weight is 337 g/mol. The number of rotatable bonds is 6. The minimum absolute atomic E-state index is 0.0218. The summed E-state index contributed by atoms with van der Waals surface area (Å²) in [5.74, 6) is 0.911. The second-order valence-electron chi connectivity index (χ2n) is 5.25. The zero-order chi connectivity index (χ0) is 16.8. The third kappa shape index (κ3) is 3.80. The molecule has 0 N–H and O–H groups in total. The summed E-state index contributed by atoms with van der Waals surface area (Å²) in [5, 5.41) is -0.223. The maximum absolute atomic E-state index is 12.6. The molecule has 1 aromatic carbocycles. The largest absolute Gasteiger partial charge is 0.496 e. The molecule has 6 heteroatoms. The van der Waals surface area contributed by atoms with E-state index in [1.54, 1.807) is 30.7 Å². The molecule has 2 atom stereocenters. The fraction of sp³-hybridized carbons (Fsp3) is 0.529. The van der Waals surface area contributed by atoms with E-state index in [-0.39, 0.29) is 17.3 Å². The monoisotopic (exact) mass is 337 g/mol. The number of methoxy groups -OCH3 is 1. The number of para-hydroxylation sites is 1. The second kappa shape index (κ2) is 8.24. The molecule has 1 saturated heterocycles. The van der Waals surface area contributed by atoms with Crippen LogP contribution >= 0.6 is 11.8 Å². The molecule has 0 saturated carbocycles. The van der Waals surface area contributed by atoms with Crippen LogP contribution in [0.1, 0.15) is 37.6 Å². The normalized spacial score (nSPS) is 20.4. The summed E-state index contributed by atoms with van der Waals surface area (Å²) in [7, 11) is 1.61. The van der Waals surface area contributed by atoms with Gasteiger partial charge < -0.3 is 14.4 Å². The lowest BCUT2D eigenvalue weighted by molar-refractivity contribution is -0.153. The summed E-state index contributed by atoms with van der Waals surface area (Å²) >= 11 is 1.57. The molecule has 1 aliphatic heterocycles. The Hall–Kier alpha value is -1.69. The first-order valence-corrected chi connectivity index (χ1v) is 8.91. The Morgan fingerprint density at radius 1 is 1.30 bits per heavy atom. The number of amides is 1.